The first-order valence-corrected chi connectivity index (χ1v) is 12.5. The minimum Gasteiger partial charge on any atom is -0.384 e. The lowest BCUT2D eigenvalue weighted by atomic mass is 9.77. The van der Waals surface area contributed by atoms with Gasteiger partial charge < -0.3 is 20.1 Å². The van der Waals surface area contributed by atoms with Gasteiger partial charge in [0.25, 0.3) is 0 Å². The quantitative estimate of drug-likeness (QED) is 0.471. The highest BCUT2D eigenvalue weighted by molar-refractivity contribution is 5.92. The Labute approximate surface area is 214 Å². The third-order valence-corrected chi connectivity index (χ3v) is 7.73. The van der Waals surface area contributed by atoms with E-state index in [1.807, 2.05) is 19.2 Å². The van der Waals surface area contributed by atoms with Gasteiger partial charge in [-0.15, -0.1) is 5.10 Å². The second kappa shape index (κ2) is 9.09. The molecule has 2 aromatic heterocycles. The van der Waals surface area contributed by atoms with Crippen LogP contribution in [0, 0.1) is 18.2 Å². The maximum Gasteiger partial charge on any atom is 0.303 e. The molecule has 1 spiro atoms. The molecule has 5 rings (SSSR count). The molecule has 4 heterocycles. The van der Waals surface area contributed by atoms with Crippen molar-refractivity contribution in [1.29, 1.82) is 0 Å². The minimum atomic E-state index is -3.78. The van der Waals surface area contributed by atoms with Crippen molar-refractivity contribution >= 4 is 22.4 Å². The maximum atomic E-state index is 15.3. The Morgan fingerprint density at radius 1 is 1.16 bits per heavy atom. The maximum absolute atomic E-state index is 15.3. The van der Waals surface area contributed by atoms with Crippen molar-refractivity contribution in [1.82, 2.24) is 15.2 Å². The zero-order valence-corrected chi connectivity index (χ0v) is 21.5. The summed E-state index contributed by atoms with van der Waals surface area (Å²) in [5.74, 6) is -4.46. The number of aliphatic hydroxyl groups is 1. The summed E-state index contributed by atoms with van der Waals surface area (Å²) in [7, 11) is 0. The number of nitrogens with zero attached hydrogens (tertiary/aromatic N) is 4. The monoisotopic (exact) mass is 515 g/mol. The topological polar surface area (TPSA) is 83.4 Å². The van der Waals surface area contributed by atoms with Crippen LogP contribution in [0.2, 0.25) is 0 Å². The van der Waals surface area contributed by atoms with E-state index in [2.05, 4.69) is 25.4 Å². The van der Waals surface area contributed by atoms with Gasteiger partial charge in [0.15, 0.2) is 5.82 Å². The number of fused-ring (bicyclic) bond motifs is 1. The lowest BCUT2D eigenvalue weighted by Crippen LogP contribution is -2.50. The molecule has 0 bridgehead atoms. The average Bonchev–Trinajstić information content (AvgIpc) is 2.84. The summed E-state index contributed by atoms with van der Waals surface area (Å²) in [5.41, 5.74) is -0.655. The van der Waals surface area contributed by atoms with Crippen LogP contribution < -0.4 is 10.2 Å². The first-order valence-electron chi connectivity index (χ1n) is 12.5. The van der Waals surface area contributed by atoms with E-state index in [9.17, 15) is 13.9 Å². The molecule has 0 amide bonds. The van der Waals surface area contributed by atoms with Gasteiger partial charge >= 0.3 is 5.92 Å². The van der Waals surface area contributed by atoms with Gasteiger partial charge in [-0.2, -0.15) is 13.9 Å². The number of piperidine rings is 1. The highest BCUT2D eigenvalue weighted by Crippen LogP contribution is 2.42. The fraction of sp³-hybridized carbons (Fsp3) is 0.519. The molecule has 0 saturated carbocycles. The number of halogens is 3. The van der Waals surface area contributed by atoms with Crippen LogP contribution in [-0.2, 0) is 10.7 Å². The molecule has 2 saturated heterocycles. The van der Waals surface area contributed by atoms with E-state index in [-0.39, 0.29) is 5.56 Å². The highest BCUT2D eigenvalue weighted by atomic mass is 19.3. The predicted molar refractivity (Wildman–Crippen MR) is 135 cm³/mol. The smallest absolute Gasteiger partial charge is 0.303 e. The Bertz CT molecular complexity index is 1310. The molecule has 2 aliphatic rings. The summed E-state index contributed by atoms with van der Waals surface area (Å²) < 4.78 is 50.4. The van der Waals surface area contributed by atoms with Crippen LogP contribution in [0.5, 0.6) is 0 Å². The molecule has 10 heteroatoms. The standard InChI is InChI=1S/C27H32F3N5O2/c1-16(19-6-5-7-21(22(19)28)27(29,30)25(3,4)36)32-24-20-12-18(13-31-23(20)17(2)33-34-24)35-10-8-26(9-11-35)14-37-15-26/h5-7,12-13,16,36H,8-11,14-15H2,1-4H3,(H,32,34)/t16-/m1/s1. The number of aryl methyl sites for hydroxylation is 1. The number of rotatable bonds is 6. The summed E-state index contributed by atoms with van der Waals surface area (Å²) in [6, 6.07) is 5.09. The van der Waals surface area contributed by atoms with Crippen LogP contribution in [0.1, 0.15) is 56.5 Å². The molecular formula is C27H32F3N5O2. The number of benzene rings is 1. The van der Waals surface area contributed by atoms with Gasteiger partial charge in [0.05, 0.1) is 47.9 Å². The molecule has 7 nitrogen and oxygen atoms in total. The number of nitrogens with one attached hydrogen (secondary N) is 1. The van der Waals surface area contributed by atoms with Crippen molar-refractivity contribution in [2.24, 2.45) is 5.41 Å². The van der Waals surface area contributed by atoms with Gasteiger partial charge in [0, 0.05) is 29.5 Å². The van der Waals surface area contributed by atoms with Gasteiger partial charge in [-0.25, -0.2) is 4.39 Å². The lowest BCUT2D eigenvalue weighted by molar-refractivity contribution is -0.170. The third kappa shape index (κ3) is 4.50. The van der Waals surface area contributed by atoms with Crippen molar-refractivity contribution in [3.05, 3.63) is 53.1 Å². The number of pyridine rings is 1. The molecule has 1 aromatic carbocycles. The molecule has 2 fully saturated rings. The summed E-state index contributed by atoms with van der Waals surface area (Å²) in [6.45, 7) is 8.87. The van der Waals surface area contributed by atoms with E-state index in [1.54, 1.807) is 6.92 Å². The van der Waals surface area contributed by atoms with Crippen molar-refractivity contribution in [3.63, 3.8) is 0 Å². The fourth-order valence-corrected chi connectivity index (χ4v) is 5.09. The molecule has 1 atom stereocenters. The Hall–Kier alpha value is -2.98. The zero-order chi connectivity index (χ0) is 26.6. The van der Waals surface area contributed by atoms with Crippen LogP contribution in [-0.4, -0.2) is 52.2 Å². The van der Waals surface area contributed by atoms with E-state index in [0.29, 0.717) is 22.4 Å². The molecule has 37 heavy (non-hydrogen) atoms. The van der Waals surface area contributed by atoms with Gasteiger partial charge in [-0.05, 0) is 52.7 Å². The average molecular weight is 516 g/mol. The Balaban J connectivity index is 1.44. The fourth-order valence-electron chi connectivity index (χ4n) is 5.09. The normalized spacial score (nSPS) is 18.6. The summed E-state index contributed by atoms with van der Waals surface area (Å²) in [5, 5.41) is 22.3. The predicted octanol–water partition coefficient (Wildman–Crippen LogP) is 5.12. The van der Waals surface area contributed by atoms with E-state index in [4.69, 9.17) is 4.74 Å². The molecular weight excluding hydrogens is 483 g/mol. The number of anilines is 2. The number of aromatic nitrogens is 3. The van der Waals surface area contributed by atoms with E-state index in [0.717, 1.165) is 70.1 Å². The number of alkyl halides is 2. The van der Waals surface area contributed by atoms with Crippen LogP contribution in [0.3, 0.4) is 0 Å². The second-order valence-corrected chi connectivity index (χ2v) is 10.9. The molecule has 2 aliphatic heterocycles. The minimum absolute atomic E-state index is 0.0325. The largest absolute Gasteiger partial charge is 0.384 e. The molecule has 0 aliphatic carbocycles. The van der Waals surface area contributed by atoms with E-state index in [1.165, 1.54) is 12.1 Å². The number of hydrogen-bond donors (Lipinski definition) is 2. The lowest BCUT2D eigenvalue weighted by Gasteiger charge is -2.47. The van der Waals surface area contributed by atoms with Crippen LogP contribution >= 0.6 is 0 Å². The third-order valence-electron chi connectivity index (χ3n) is 7.73. The SMILES string of the molecule is Cc1nnc(N[C@H](C)c2cccc(C(F)(F)C(C)(C)O)c2F)c2cc(N3CCC4(CC3)COC4)cnc12. The summed E-state index contributed by atoms with van der Waals surface area (Å²) in [4.78, 5) is 6.94. The number of hydrogen-bond acceptors (Lipinski definition) is 7. The zero-order valence-electron chi connectivity index (χ0n) is 21.5. The Morgan fingerprint density at radius 2 is 1.86 bits per heavy atom. The molecule has 3 aromatic rings. The Morgan fingerprint density at radius 3 is 2.49 bits per heavy atom. The van der Waals surface area contributed by atoms with Gasteiger partial charge in [-0.1, -0.05) is 12.1 Å². The highest BCUT2D eigenvalue weighted by Gasteiger charge is 2.49. The second-order valence-electron chi connectivity index (χ2n) is 10.9. The number of ether oxygens (including phenoxy) is 1. The van der Waals surface area contributed by atoms with Crippen LogP contribution in [0.4, 0.5) is 24.7 Å². The molecule has 2 N–H and O–H groups in total. The molecule has 0 radical (unpaired) electrons. The van der Waals surface area contributed by atoms with Crippen molar-refractivity contribution in [3.8, 4) is 0 Å². The summed E-state index contributed by atoms with van der Waals surface area (Å²) >= 11 is 0. The van der Waals surface area contributed by atoms with Crippen molar-refractivity contribution in [2.75, 3.05) is 36.5 Å². The van der Waals surface area contributed by atoms with Crippen LogP contribution in [0.25, 0.3) is 10.9 Å². The van der Waals surface area contributed by atoms with E-state index >= 15 is 4.39 Å². The van der Waals surface area contributed by atoms with Gasteiger partial charge in [0.2, 0.25) is 0 Å². The Kier molecular flexibility index (Phi) is 6.31. The van der Waals surface area contributed by atoms with Gasteiger partial charge in [0.1, 0.15) is 11.4 Å². The van der Waals surface area contributed by atoms with Gasteiger partial charge in [-0.3, -0.25) is 4.98 Å². The van der Waals surface area contributed by atoms with Crippen molar-refractivity contribution in [2.45, 2.75) is 58.1 Å². The first kappa shape index (κ1) is 25.7. The summed E-state index contributed by atoms with van der Waals surface area (Å²) in [6.07, 6.45) is 3.96. The first-order chi connectivity index (χ1) is 17.4. The van der Waals surface area contributed by atoms with Crippen molar-refractivity contribution < 1.29 is 23.0 Å². The molecule has 0 unspecified atom stereocenters. The van der Waals surface area contributed by atoms with Crippen LogP contribution in [0.15, 0.2) is 30.5 Å². The van der Waals surface area contributed by atoms with E-state index < -0.39 is 28.9 Å². The molecule has 198 valence electrons.